The number of piperidine rings is 1. The van der Waals surface area contributed by atoms with Crippen molar-refractivity contribution in [3.63, 3.8) is 0 Å². The lowest BCUT2D eigenvalue weighted by atomic mass is 9.74. The number of hydrogen-bond acceptors (Lipinski definition) is 3. The van der Waals surface area contributed by atoms with Crippen LogP contribution in [-0.4, -0.2) is 48.8 Å². The summed E-state index contributed by atoms with van der Waals surface area (Å²) in [6.45, 7) is 6.73. The second-order valence-electron chi connectivity index (χ2n) is 5.39. The van der Waals surface area contributed by atoms with E-state index < -0.39 is 11.4 Å². The van der Waals surface area contributed by atoms with Crippen LogP contribution in [0.2, 0.25) is 0 Å². The second kappa shape index (κ2) is 7.10. The van der Waals surface area contributed by atoms with Crippen LogP contribution in [0, 0.1) is 5.41 Å². The molecule has 106 valence electrons. The minimum atomic E-state index is -0.608. The predicted molar refractivity (Wildman–Crippen MR) is 71.7 cm³/mol. The van der Waals surface area contributed by atoms with Gasteiger partial charge >= 0.3 is 5.97 Å². The summed E-state index contributed by atoms with van der Waals surface area (Å²) in [7, 11) is 1.73. The van der Waals surface area contributed by atoms with Crippen LogP contribution in [0.1, 0.15) is 46.0 Å². The van der Waals surface area contributed by atoms with Gasteiger partial charge in [-0.1, -0.05) is 20.3 Å². The maximum absolute atomic E-state index is 11.5. The Balaban J connectivity index is 2.59. The molecule has 1 aliphatic rings. The quantitative estimate of drug-likeness (QED) is 0.760. The third-order valence-electron chi connectivity index (χ3n) is 4.28. The first-order valence-electron chi connectivity index (χ1n) is 7.06. The third-order valence-corrected chi connectivity index (χ3v) is 4.28. The van der Waals surface area contributed by atoms with Crippen molar-refractivity contribution in [2.45, 2.75) is 52.0 Å². The lowest BCUT2D eigenvalue weighted by Crippen LogP contribution is -2.49. The number of ether oxygens (including phenoxy) is 1. The standard InChI is InChI=1S/C14H27NO3/c1-4-6-14(13(16)17)7-9-15(10-8-14)12(5-2)11-18-3/h12H,4-11H2,1-3H3,(H,16,17). The molecule has 1 heterocycles. The molecule has 18 heavy (non-hydrogen) atoms. The number of rotatable bonds is 7. The molecule has 4 nitrogen and oxygen atoms in total. The first-order chi connectivity index (χ1) is 8.59. The molecular formula is C14H27NO3. The molecule has 0 aliphatic carbocycles. The molecule has 1 fully saturated rings. The van der Waals surface area contributed by atoms with Gasteiger partial charge < -0.3 is 9.84 Å². The first kappa shape index (κ1) is 15.4. The van der Waals surface area contributed by atoms with Crippen LogP contribution in [0.5, 0.6) is 0 Å². The molecule has 0 aromatic rings. The summed E-state index contributed by atoms with van der Waals surface area (Å²) in [6.07, 6.45) is 4.35. The van der Waals surface area contributed by atoms with Gasteiger partial charge in [-0.3, -0.25) is 9.69 Å². The zero-order valence-corrected chi connectivity index (χ0v) is 11.9. The van der Waals surface area contributed by atoms with Crippen molar-refractivity contribution in [2.24, 2.45) is 5.41 Å². The fourth-order valence-corrected chi connectivity index (χ4v) is 3.04. The van der Waals surface area contributed by atoms with E-state index in [9.17, 15) is 9.90 Å². The van der Waals surface area contributed by atoms with Gasteiger partial charge in [-0.2, -0.15) is 0 Å². The molecule has 1 unspecified atom stereocenters. The van der Waals surface area contributed by atoms with Crippen LogP contribution in [-0.2, 0) is 9.53 Å². The highest BCUT2D eigenvalue weighted by Gasteiger charge is 2.41. The van der Waals surface area contributed by atoms with E-state index in [2.05, 4.69) is 18.7 Å². The Labute approximate surface area is 110 Å². The molecular weight excluding hydrogens is 230 g/mol. The summed E-state index contributed by atoms with van der Waals surface area (Å²) < 4.78 is 5.24. The lowest BCUT2D eigenvalue weighted by molar-refractivity contribution is -0.153. The molecule has 0 amide bonds. The van der Waals surface area contributed by atoms with Gasteiger partial charge in [0.2, 0.25) is 0 Å². The molecule has 0 saturated carbocycles. The van der Waals surface area contributed by atoms with Crippen molar-refractivity contribution in [1.29, 1.82) is 0 Å². The second-order valence-corrected chi connectivity index (χ2v) is 5.39. The van der Waals surface area contributed by atoms with Gasteiger partial charge in [0.05, 0.1) is 12.0 Å². The fraction of sp³-hybridized carbons (Fsp3) is 0.929. The van der Waals surface area contributed by atoms with Crippen LogP contribution in [0.15, 0.2) is 0 Å². The number of carbonyl (C=O) groups is 1. The number of hydrogen-bond donors (Lipinski definition) is 1. The van der Waals surface area contributed by atoms with Crippen LogP contribution in [0.25, 0.3) is 0 Å². The van der Waals surface area contributed by atoms with Gasteiger partial charge in [-0.25, -0.2) is 0 Å². The van der Waals surface area contributed by atoms with Gasteiger partial charge in [0.1, 0.15) is 0 Å². The lowest BCUT2D eigenvalue weighted by Gasteiger charge is -2.42. The third kappa shape index (κ3) is 3.45. The normalized spacial score (nSPS) is 21.7. The van der Waals surface area contributed by atoms with Crippen LogP contribution >= 0.6 is 0 Å². The number of carboxylic acids is 1. The van der Waals surface area contributed by atoms with Gasteiger partial charge in [-0.05, 0) is 38.8 Å². The fourth-order valence-electron chi connectivity index (χ4n) is 3.04. The van der Waals surface area contributed by atoms with E-state index in [1.165, 1.54) is 0 Å². The molecule has 1 atom stereocenters. The monoisotopic (exact) mass is 257 g/mol. The van der Waals surface area contributed by atoms with E-state index in [1.807, 2.05) is 0 Å². The van der Waals surface area contributed by atoms with Crippen molar-refractivity contribution in [2.75, 3.05) is 26.8 Å². The topological polar surface area (TPSA) is 49.8 Å². The molecule has 1 N–H and O–H groups in total. The van der Waals surface area contributed by atoms with Crippen molar-refractivity contribution < 1.29 is 14.6 Å². The zero-order chi connectivity index (χ0) is 13.6. The molecule has 1 rings (SSSR count). The SMILES string of the molecule is CCCC1(C(=O)O)CCN(C(CC)COC)CC1. The first-order valence-corrected chi connectivity index (χ1v) is 7.06. The maximum Gasteiger partial charge on any atom is 0.309 e. The Bertz CT molecular complexity index is 260. The van der Waals surface area contributed by atoms with E-state index in [0.717, 1.165) is 51.8 Å². The number of aliphatic carboxylic acids is 1. The smallest absolute Gasteiger partial charge is 0.309 e. The highest BCUT2D eigenvalue weighted by Crippen LogP contribution is 2.37. The Hall–Kier alpha value is -0.610. The molecule has 0 radical (unpaired) electrons. The molecule has 1 aliphatic heterocycles. The Morgan fingerprint density at radius 2 is 2.00 bits per heavy atom. The van der Waals surface area contributed by atoms with Crippen molar-refractivity contribution in [3.05, 3.63) is 0 Å². The summed E-state index contributed by atoms with van der Waals surface area (Å²) >= 11 is 0. The minimum absolute atomic E-state index is 0.434. The summed E-state index contributed by atoms with van der Waals surface area (Å²) in [6, 6.07) is 0.434. The number of nitrogens with zero attached hydrogens (tertiary/aromatic N) is 1. The van der Waals surface area contributed by atoms with Gasteiger partial charge in [0.15, 0.2) is 0 Å². The van der Waals surface area contributed by atoms with Crippen LogP contribution in [0.3, 0.4) is 0 Å². The van der Waals surface area contributed by atoms with Crippen molar-refractivity contribution in [3.8, 4) is 0 Å². The highest BCUT2D eigenvalue weighted by atomic mass is 16.5. The molecule has 0 aromatic heterocycles. The summed E-state index contributed by atoms with van der Waals surface area (Å²) in [4.78, 5) is 13.9. The van der Waals surface area contributed by atoms with Gasteiger partial charge in [0, 0.05) is 13.2 Å². The van der Waals surface area contributed by atoms with E-state index in [1.54, 1.807) is 7.11 Å². The summed E-state index contributed by atoms with van der Waals surface area (Å²) in [5.74, 6) is -0.608. The number of likely N-dealkylation sites (tertiary alicyclic amines) is 1. The molecule has 0 bridgehead atoms. The van der Waals surface area contributed by atoms with E-state index >= 15 is 0 Å². The van der Waals surface area contributed by atoms with Crippen molar-refractivity contribution >= 4 is 5.97 Å². The van der Waals surface area contributed by atoms with Gasteiger partial charge in [-0.15, -0.1) is 0 Å². The van der Waals surface area contributed by atoms with E-state index in [-0.39, 0.29) is 0 Å². The number of carboxylic acid groups (broad SMARTS) is 1. The average Bonchev–Trinajstić information content (AvgIpc) is 2.37. The maximum atomic E-state index is 11.5. The molecule has 4 heteroatoms. The molecule has 0 spiro atoms. The number of methoxy groups -OCH3 is 1. The van der Waals surface area contributed by atoms with Crippen LogP contribution < -0.4 is 0 Å². The Morgan fingerprint density at radius 1 is 1.39 bits per heavy atom. The van der Waals surface area contributed by atoms with Gasteiger partial charge in [0.25, 0.3) is 0 Å². The largest absolute Gasteiger partial charge is 0.481 e. The van der Waals surface area contributed by atoms with Crippen molar-refractivity contribution in [1.82, 2.24) is 4.90 Å². The zero-order valence-electron chi connectivity index (χ0n) is 11.9. The summed E-state index contributed by atoms with van der Waals surface area (Å²) in [5, 5.41) is 9.46. The average molecular weight is 257 g/mol. The Morgan fingerprint density at radius 3 is 2.39 bits per heavy atom. The molecule has 1 saturated heterocycles. The summed E-state index contributed by atoms with van der Waals surface area (Å²) in [5.41, 5.74) is -0.476. The molecule has 0 aromatic carbocycles. The van der Waals surface area contributed by atoms with E-state index in [4.69, 9.17) is 4.74 Å². The highest BCUT2D eigenvalue weighted by molar-refractivity contribution is 5.74. The Kier molecular flexibility index (Phi) is 6.09. The van der Waals surface area contributed by atoms with E-state index in [0.29, 0.717) is 6.04 Å². The predicted octanol–water partition coefficient (Wildman–Crippen LogP) is 2.38. The van der Waals surface area contributed by atoms with Crippen LogP contribution in [0.4, 0.5) is 0 Å². The minimum Gasteiger partial charge on any atom is -0.481 e.